The highest BCUT2D eigenvalue weighted by molar-refractivity contribution is 5.95. The Morgan fingerprint density at radius 1 is 1.04 bits per heavy atom. The van der Waals surface area contributed by atoms with E-state index in [0.29, 0.717) is 23.7 Å². The van der Waals surface area contributed by atoms with Gasteiger partial charge in [-0.1, -0.05) is 30.3 Å². The molecule has 0 aliphatic carbocycles. The van der Waals surface area contributed by atoms with Crippen LogP contribution >= 0.6 is 0 Å². The maximum absolute atomic E-state index is 5.94. The Bertz CT molecular complexity index is 1030. The minimum atomic E-state index is 0.137. The van der Waals surface area contributed by atoms with E-state index in [9.17, 15) is 0 Å². The summed E-state index contributed by atoms with van der Waals surface area (Å²) in [5.74, 6) is 1.19. The molecule has 4 rings (SSSR count). The van der Waals surface area contributed by atoms with Gasteiger partial charge in [0.05, 0.1) is 11.1 Å². The van der Waals surface area contributed by atoms with Crippen LogP contribution in [-0.2, 0) is 6.61 Å². The van der Waals surface area contributed by atoms with E-state index in [1.54, 1.807) is 6.20 Å². The average molecular weight is 332 g/mol. The molecule has 0 amide bonds. The van der Waals surface area contributed by atoms with Crippen molar-refractivity contribution >= 4 is 22.7 Å². The lowest BCUT2D eigenvalue weighted by atomic mass is 10.1. The molecule has 124 valence electrons. The summed E-state index contributed by atoms with van der Waals surface area (Å²) in [4.78, 5) is 7.97. The van der Waals surface area contributed by atoms with E-state index in [2.05, 4.69) is 20.2 Å². The van der Waals surface area contributed by atoms with Crippen LogP contribution in [0.1, 0.15) is 5.56 Å². The van der Waals surface area contributed by atoms with Crippen LogP contribution in [0, 0.1) is 0 Å². The van der Waals surface area contributed by atoms with Crippen molar-refractivity contribution < 1.29 is 4.74 Å². The van der Waals surface area contributed by atoms with E-state index in [4.69, 9.17) is 16.2 Å². The third kappa shape index (κ3) is 2.94. The van der Waals surface area contributed by atoms with Gasteiger partial charge in [0.25, 0.3) is 0 Å². The Hall–Kier alpha value is -3.61. The predicted molar refractivity (Wildman–Crippen MR) is 96.7 cm³/mol. The van der Waals surface area contributed by atoms with Crippen LogP contribution in [0.3, 0.4) is 0 Å². The van der Waals surface area contributed by atoms with E-state index < -0.39 is 0 Å². The molecule has 25 heavy (non-hydrogen) atoms. The third-order valence-corrected chi connectivity index (χ3v) is 3.87. The predicted octanol–water partition coefficient (Wildman–Crippen LogP) is 2.76. The Morgan fingerprint density at radius 3 is 2.68 bits per heavy atom. The number of hydrogen-bond acceptors (Lipinski definition) is 6. The van der Waals surface area contributed by atoms with Crippen molar-refractivity contribution in [2.75, 3.05) is 11.5 Å². The Kier molecular flexibility index (Phi) is 3.66. The molecule has 0 atom stereocenters. The van der Waals surface area contributed by atoms with Gasteiger partial charge in [0.15, 0.2) is 0 Å². The fourth-order valence-electron chi connectivity index (χ4n) is 2.63. The summed E-state index contributed by atoms with van der Waals surface area (Å²) in [6.45, 7) is 0.506. The van der Waals surface area contributed by atoms with Gasteiger partial charge in [0, 0.05) is 17.6 Å². The summed E-state index contributed by atoms with van der Waals surface area (Å²) in [6.07, 6.45) is 1.58. The standard InChI is InChI=1S/C18H16N6O/c19-17-14(9-21-18(20)22-17)16-13-7-6-12(8-15(13)23-24-16)25-10-11-4-2-1-3-5-11/h1-9H,10H2,(H,23,24)(H4,19,20,21,22). The van der Waals surface area contributed by atoms with Crippen molar-refractivity contribution in [3.63, 3.8) is 0 Å². The molecule has 0 unspecified atom stereocenters. The fraction of sp³-hybridized carbons (Fsp3) is 0.0556. The molecular weight excluding hydrogens is 316 g/mol. The van der Waals surface area contributed by atoms with Gasteiger partial charge in [0.2, 0.25) is 5.95 Å². The molecule has 0 spiro atoms. The van der Waals surface area contributed by atoms with Crippen LogP contribution in [0.15, 0.2) is 54.7 Å². The van der Waals surface area contributed by atoms with Gasteiger partial charge >= 0.3 is 0 Å². The van der Waals surface area contributed by atoms with Crippen LogP contribution < -0.4 is 16.2 Å². The molecule has 0 aliphatic heterocycles. The molecule has 2 heterocycles. The SMILES string of the molecule is Nc1ncc(-c2n[nH]c3cc(OCc4ccccc4)ccc23)c(N)n1. The van der Waals surface area contributed by atoms with Crippen molar-refractivity contribution in [3.05, 3.63) is 60.3 Å². The lowest BCUT2D eigenvalue weighted by Crippen LogP contribution is -2.01. The zero-order valence-electron chi connectivity index (χ0n) is 13.3. The van der Waals surface area contributed by atoms with Crippen molar-refractivity contribution in [2.24, 2.45) is 0 Å². The number of aromatic amines is 1. The maximum atomic E-state index is 5.94. The third-order valence-electron chi connectivity index (χ3n) is 3.87. The molecule has 2 aromatic carbocycles. The van der Waals surface area contributed by atoms with E-state index in [1.165, 1.54) is 0 Å². The molecule has 5 N–H and O–H groups in total. The Labute approximate surface area is 143 Å². The van der Waals surface area contributed by atoms with Gasteiger partial charge in [-0.2, -0.15) is 10.1 Å². The highest BCUT2D eigenvalue weighted by Crippen LogP contribution is 2.31. The number of anilines is 2. The van der Waals surface area contributed by atoms with Crippen molar-refractivity contribution in [1.29, 1.82) is 0 Å². The zero-order valence-corrected chi connectivity index (χ0v) is 13.3. The highest BCUT2D eigenvalue weighted by atomic mass is 16.5. The van der Waals surface area contributed by atoms with E-state index >= 15 is 0 Å². The number of H-pyrrole nitrogens is 1. The smallest absolute Gasteiger partial charge is 0.221 e. The number of fused-ring (bicyclic) bond motifs is 1. The Morgan fingerprint density at radius 2 is 1.88 bits per heavy atom. The van der Waals surface area contributed by atoms with Gasteiger partial charge in [-0.15, -0.1) is 0 Å². The average Bonchev–Trinajstić information content (AvgIpc) is 3.04. The van der Waals surface area contributed by atoms with Gasteiger partial charge in [-0.05, 0) is 17.7 Å². The number of nitrogen functional groups attached to an aromatic ring is 2. The summed E-state index contributed by atoms with van der Waals surface area (Å²) in [6, 6.07) is 15.7. The number of nitrogens with one attached hydrogen (secondary N) is 1. The quantitative estimate of drug-likeness (QED) is 0.529. The molecule has 0 fully saturated rings. The second-order valence-corrected chi connectivity index (χ2v) is 5.58. The number of hydrogen-bond donors (Lipinski definition) is 3. The van der Waals surface area contributed by atoms with Gasteiger partial charge < -0.3 is 16.2 Å². The van der Waals surface area contributed by atoms with Crippen molar-refractivity contribution in [3.8, 4) is 17.0 Å². The molecule has 0 radical (unpaired) electrons. The van der Waals surface area contributed by atoms with Crippen LogP contribution in [0.4, 0.5) is 11.8 Å². The van der Waals surface area contributed by atoms with Gasteiger partial charge in [-0.25, -0.2) is 4.98 Å². The van der Waals surface area contributed by atoms with Crippen molar-refractivity contribution in [2.45, 2.75) is 6.61 Å². The highest BCUT2D eigenvalue weighted by Gasteiger charge is 2.13. The minimum absolute atomic E-state index is 0.137. The topological polar surface area (TPSA) is 116 Å². The first-order valence-corrected chi connectivity index (χ1v) is 7.74. The van der Waals surface area contributed by atoms with Crippen LogP contribution in [0.2, 0.25) is 0 Å². The first kappa shape index (κ1) is 14.9. The normalized spacial score (nSPS) is 10.9. The van der Waals surface area contributed by atoms with Crippen LogP contribution in [0.5, 0.6) is 5.75 Å². The molecule has 0 aliphatic rings. The summed E-state index contributed by atoms with van der Waals surface area (Å²) >= 11 is 0. The second-order valence-electron chi connectivity index (χ2n) is 5.58. The maximum Gasteiger partial charge on any atom is 0.221 e. The second kappa shape index (κ2) is 6.12. The van der Waals surface area contributed by atoms with Crippen molar-refractivity contribution in [1.82, 2.24) is 20.2 Å². The molecule has 0 saturated carbocycles. The molecule has 2 aromatic heterocycles. The van der Waals surface area contributed by atoms with E-state index in [0.717, 1.165) is 22.2 Å². The Balaban J connectivity index is 1.62. The summed E-state index contributed by atoms with van der Waals surface area (Å²) in [5, 5.41) is 8.24. The fourth-order valence-corrected chi connectivity index (χ4v) is 2.63. The largest absolute Gasteiger partial charge is 0.489 e. The number of ether oxygens (including phenoxy) is 1. The van der Waals surface area contributed by atoms with E-state index in [-0.39, 0.29) is 5.95 Å². The first-order valence-electron chi connectivity index (χ1n) is 7.74. The minimum Gasteiger partial charge on any atom is -0.489 e. The van der Waals surface area contributed by atoms with Gasteiger partial charge in [0.1, 0.15) is 23.9 Å². The zero-order chi connectivity index (χ0) is 17.2. The summed E-state index contributed by atoms with van der Waals surface area (Å²) in [7, 11) is 0. The molecule has 4 aromatic rings. The van der Waals surface area contributed by atoms with Gasteiger partial charge in [-0.3, -0.25) is 5.10 Å². The molecule has 0 bridgehead atoms. The van der Waals surface area contributed by atoms with Crippen LogP contribution in [0.25, 0.3) is 22.2 Å². The molecule has 7 heteroatoms. The number of aromatic nitrogens is 4. The lowest BCUT2D eigenvalue weighted by Gasteiger charge is -2.06. The first-order chi connectivity index (χ1) is 12.2. The summed E-state index contributed by atoms with van der Waals surface area (Å²) < 4.78 is 5.84. The molecule has 7 nitrogen and oxygen atoms in total. The monoisotopic (exact) mass is 332 g/mol. The molecule has 0 saturated heterocycles. The van der Waals surface area contributed by atoms with Crippen LogP contribution in [-0.4, -0.2) is 20.2 Å². The van der Waals surface area contributed by atoms with E-state index in [1.807, 2.05) is 48.5 Å². The number of nitrogens with zero attached hydrogens (tertiary/aromatic N) is 3. The number of rotatable bonds is 4. The number of nitrogens with two attached hydrogens (primary N) is 2. The lowest BCUT2D eigenvalue weighted by molar-refractivity contribution is 0.306. The molecular formula is C18H16N6O. The summed E-state index contributed by atoms with van der Waals surface area (Å²) in [5.41, 5.74) is 14.8. The number of benzene rings is 2.